The minimum Gasteiger partial charge on any atom is -0.443 e. The number of carbonyl (C=O) groups is 2. The van der Waals surface area contributed by atoms with Crippen LogP contribution in [0.1, 0.15) is 50.4 Å². The lowest BCUT2D eigenvalue weighted by Gasteiger charge is -2.26. The largest absolute Gasteiger partial charge is 0.443 e. The minimum atomic E-state index is -0.725. The number of nitrogens with one attached hydrogen (secondary N) is 2. The lowest BCUT2D eigenvalue weighted by molar-refractivity contribution is 0.0587. The van der Waals surface area contributed by atoms with Crippen molar-refractivity contribution in [2.45, 2.75) is 51.7 Å². The van der Waals surface area contributed by atoms with Crippen LogP contribution in [0.25, 0.3) is 11.5 Å². The van der Waals surface area contributed by atoms with Gasteiger partial charge in [0, 0.05) is 31.5 Å². The van der Waals surface area contributed by atoms with Crippen LogP contribution in [0.15, 0.2) is 59.8 Å². The first-order chi connectivity index (χ1) is 18.6. The van der Waals surface area contributed by atoms with Crippen LogP contribution in [0.5, 0.6) is 0 Å². The van der Waals surface area contributed by atoms with Gasteiger partial charge in [0.25, 0.3) is 11.5 Å². The highest BCUT2D eigenvalue weighted by Crippen LogP contribution is 2.25. The van der Waals surface area contributed by atoms with Gasteiger partial charge in [0.2, 0.25) is 0 Å². The van der Waals surface area contributed by atoms with E-state index in [1.54, 1.807) is 76.6 Å². The number of anilines is 3. The number of rotatable bonds is 6. The molecule has 0 unspecified atom stereocenters. The van der Waals surface area contributed by atoms with E-state index in [0.29, 0.717) is 11.6 Å². The zero-order chi connectivity index (χ0) is 27.7. The zero-order valence-electron chi connectivity index (χ0n) is 22.2. The van der Waals surface area contributed by atoms with Gasteiger partial charge in [-0.1, -0.05) is 6.07 Å². The fourth-order valence-corrected chi connectivity index (χ4v) is 4.05. The molecule has 39 heavy (non-hydrogen) atoms. The molecule has 2 amide bonds. The van der Waals surface area contributed by atoms with Gasteiger partial charge in [-0.05, 0) is 64.3 Å². The van der Waals surface area contributed by atoms with E-state index in [2.05, 4.69) is 25.7 Å². The Kier molecular flexibility index (Phi) is 6.77. The maximum absolute atomic E-state index is 13.3. The van der Waals surface area contributed by atoms with Crippen molar-refractivity contribution in [3.05, 3.63) is 70.9 Å². The van der Waals surface area contributed by atoms with E-state index in [9.17, 15) is 14.4 Å². The SMILES string of the molecule is CN(C(=O)OC(C)(C)C)c1cc(Nc2cccn(-c3ccccn3)c2=O)nc2c(C(=O)NC3CCC3)cnn12. The molecular weight excluding hydrogens is 500 g/mol. The molecule has 12 heteroatoms. The van der Waals surface area contributed by atoms with Gasteiger partial charge >= 0.3 is 6.09 Å². The van der Waals surface area contributed by atoms with Crippen molar-refractivity contribution in [2.24, 2.45) is 0 Å². The predicted molar refractivity (Wildman–Crippen MR) is 146 cm³/mol. The van der Waals surface area contributed by atoms with Crippen molar-refractivity contribution < 1.29 is 14.3 Å². The Morgan fingerprint density at radius 3 is 2.62 bits per heavy atom. The molecule has 5 rings (SSSR count). The average Bonchev–Trinajstić information content (AvgIpc) is 3.30. The summed E-state index contributed by atoms with van der Waals surface area (Å²) in [5.41, 5.74) is -0.370. The molecule has 0 aromatic carbocycles. The maximum Gasteiger partial charge on any atom is 0.415 e. The van der Waals surface area contributed by atoms with Gasteiger partial charge in [0.1, 0.15) is 34.3 Å². The Morgan fingerprint density at radius 2 is 1.95 bits per heavy atom. The van der Waals surface area contributed by atoms with Crippen LogP contribution >= 0.6 is 0 Å². The van der Waals surface area contributed by atoms with Gasteiger partial charge in [-0.25, -0.2) is 14.8 Å². The fraction of sp³-hybridized carbons (Fsp3) is 0.333. The normalized spacial score (nSPS) is 13.5. The molecule has 0 spiro atoms. The first-order valence-corrected chi connectivity index (χ1v) is 12.7. The molecule has 202 valence electrons. The molecule has 12 nitrogen and oxygen atoms in total. The van der Waals surface area contributed by atoms with Gasteiger partial charge in [0.15, 0.2) is 5.65 Å². The van der Waals surface area contributed by atoms with E-state index in [4.69, 9.17) is 4.74 Å². The average molecular weight is 531 g/mol. The van der Waals surface area contributed by atoms with Crippen LogP contribution in [-0.2, 0) is 4.74 Å². The number of hydrogen-bond donors (Lipinski definition) is 2. The lowest BCUT2D eigenvalue weighted by Crippen LogP contribution is -2.39. The van der Waals surface area contributed by atoms with E-state index in [1.165, 1.54) is 20.2 Å². The van der Waals surface area contributed by atoms with E-state index < -0.39 is 11.7 Å². The Bertz CT molecular complexity index is 1590. The van der Waals surface area contributed by atoms with Crippen LogP contribution in [0.2, 0.25) is 0 Å². The van der Waals surface area contributed by atoms with Crippen LogP contribution in [0, 0.1) is 0 Å². The molecule has 0 radical (unpaired) electrons. The molecule has 1 fully saturated rings. The van der Waals surface area contributed by atoms with Crippen molar-refractivity contribution in [2.75, 3.05) is 17.3 Å². The molecule has 1 aliphatic carbocycles. The summed E-state index contributed by atoms with van der Waals surface area (Å²) in [4.78, 5) is 49.4. The number of hydrogen-bond acceptors (Lipinski definition) is 8. The number of carbonyl (C=O) groups excluding carboxylic acids is 2. The summed E-state index contributed by atoms with van der Waals surface area (Å²) < 4.78 is 8.35. The van der Waals surface area contributed by atoms with Crippen molar-refractivity contribution in [3.63, 3.8) is 0 Å². The summed E-state index contributed by atoms with van der Waals surface area (Å²) in [5, 5.41) is 10.4. The molecule has 4 aromatic rings. The summed E-state index contributed by atoms with van der Waals surface area (Å²) in [6, 6.07) is 10.3. The van der Waals surface area contributed by atoms with Gasteiger partial charge in [-0.2, -0.15) is 9.61 Å². The Labute approximate surface area is 224 Å². The van der Waals surface area contributed by atoms with Crippen molar-refractivity contribution in [3.8, 4) is 5.82 Å². The standard InChI is InChI=1S/C27H30N8O4/c1-27(2,3)39-26(38)33(4)22-15-20(31-19-11-8-14-34(25(19)37)21-12-5-6-13-28-21)32-23-18(16-29-35(22)23)24(36)30-17-9-7-10-17/h5-6,8,11-17H,7,9-10H2,1-4H3,(H,30,36)(H,31,32). The lowest BCUT2D eigenvalue weighted by atomic mass is 9.93. The second-order valence-corrected chi connectivity index (χ2v) is 10.3. The molecule has 0 saturated heterocycles. The number of pyridine rings is 2. The van der Waals surface area contributed by atoms with Gasteiger partial charge in [-0.15, -0.1) is 0 Å². The van der Waals surface area contributed by atoms with Gasteiger partial charge in [-0.3, -0.25) is 19.1 Å². The van der Waals surface area contributed by atoms with Gasteiger partial charge < -0.3 is 15.4 Å². The number of ether oxygens (including phenoxy) is 1. The summed E-state index contributed by atoms with van der Waals surface area (Å²) >= 11 is 0. The Morgan fingerprint density at radius 1 is 1.15 bits per heavy atom. The minimum absolute atomic E-state index is 0.118. The van der Waals surface area contributed by atoms with Crippen LogP contribution in [-0.4, -0.2) is 54.8 Å². The third-order valence-corrected chi connectivity index (χ3v) is 6.26. The first kappa shape index (κ1) is 25.9. The third-order valence-electron chi connectivity index (χ3n) is 6.26. The Hall–Kier alpha value is -4.74. The maximum atomic E-state index is 13.3. The molecule has 4 heterocycles. The van der Waals surface area contributed by atoms with Crippen molar-refractivity contribution >= 4 is 35.0 Å². The summed E-state index contributed by atoms with van der Waals surface area (Å²) in [6.07, 6.45) is 6.95. The van der Waals surface area contributed by atoms with Crippen molar-refractivity contribution in [1.82, 2.24) is 29.5 Å². The number of amides is 2. The second-order valence-electron chi connectivity index (χ2n) is 10.3. The fourth-order valence-electron chi connectivity index (χ4n) is 4.05. The number of fused-ring (bicyclic) bond motifs is 1. The highest BCUT2D eigenvalue weighted by atomic mass is 16.6. The highest BCUT2D eigenvalue weighted by Gasteiger charge is 2.27. The summed E-state index contributed by atoms with van der Waals surface area (Å²) in [5.74, 6) is 0.690. The smallest absolute Gasteiger partial charge is 0.415 e. The second kappa shape index (κ2) is 10.2. The van der Waals surface area contributed by atoms with Crippen LogP contribution in [0.4, 0.5) is 22.1 Å². The van der Waals surface area contributed by atoms with E-state index in [-0.39, 0.29) is 40.2 Å². The molecular formula is C27H30N8O4. The third kappa shape index (κ3) is 5.44. The van der Waals surface area contributed by atoms with Crippen LogP contribution < -0.4 is 21.1 Å². The molecule has 2 N–H and O–H groups in total. The van der Waals surface area contributed by atoms with E-state index in [1.807, 2.05) is 0 Å². The number of aromatic nitrogens is 5. The summed E-state index contributed by atoms with van der Waals surface area (Å²) in [7, 11) is 1.54. The first-order valence-electron chi connectivity index (χ1n) is 12.7. The van der Waals surface area contributed by atoms with Crippen molar-refractivity contribution in [1.29, 1.82) is 0 Å². The predicted octanol–water partition coefficient (Wildman–Crippen LogP) is 3.67. The molecule has 1 saturated carbocycles. The number of nitrogens with zero attached hydrogens (tertiary/aromatic N) is 6. The molecule has 0 aliphatic heterocycles. The Balaban J connectivity index is 1.57. The quantitative estimate of drug-likeness (QED) is 0.385. The molecule has 0 atom stereocenters. The van der Waals surface area contributed by atoms with E-state index >= 15 is 0 Å². The topological polar surface area (TPSA) is 136 Å². The molecule has 0 bridgehead atoms. The molecule has 1 aliphatic rings. The van der Waals surface area contributed by atoms with Crippen LogP contribution in [0.3, 0.4) is 0 Å². The summed E-state index contributed by atoms with van der Waals surface area (Å²) in [6.45, 7) is 5.31. The van der Waals surface area contributed by atoms with Gasteiger partial charge in [0.05, 0.1) is 6.20 Å². The molecule has 4 aromatic heterocycles. The zero-order valence-corrected chi connectivity index (χ0v) is 22.2. The monoisotopic (exact) mass is 530 g/mol. The van der Waals surface area contributed by atoms with E-state index in [0.717, 1.165) is 19.3 Å². The highest BCUT2D eigenvalue weighted by molar-refractivity contribution is 6.00.